The molecule has 2 amide bonds. The van der Waals surface area contributed by atoms with Crippen LogP contribution < -0.4 is 15.5 Å². The molecule has 21 heavy (non-hydrogen) atoms. The maximum atomic E-state index is 11.8. The fourth-order valence-corrected chi connectivity index (χ4v) is 2.31. The van der Waals surface area contributed by atoms with Gasteiger partial charge in [-0.05, 0) is 60.1 Å². The molecule has 2 aromatic rings. The normalized spacial score (nSPS) is 10.2. The lowest BCUT2D eigenvalue weighted by molar-refractivity contribution is 0.261. The number of urea groups is 1. The number of amides is 2. The second-order valence-electron chi connectivity index (χ2n) is 4.40. The predicted molar refractivity (Wildman–Crippen MR) is 89.1 cm³/mol. The first-order chi connectivity index (χ1) is 10.1. The lowest BCUT2D eigenvalue weighted by Gasteiger charge is -2.21. The van der Waals surface area contributed by atoms with Gasteiger partial charge in [-0.25, -0.2) is 4.79 Å². The van der Waals surface area contributed by atoms with Crippen molar-refractivity contribution in [3.8, 4) is 0 Å². The molecule has 6 heteroatoms. The van der Waals surface area contributed by atoms with Crippen LogP contribution in [0.2, 0.25) is 0 Å². The van der Waals surface area contributed by atoms with E-state index in [0.29, 0.717) is 10.6 Å². The maximum Gasteiger partial charge on any atom is 0.326 e. The summed E-state index contributed by atoms with van der Waals surface area (Å²) in [6, 6.07) is 10.8. The van der Waals surface area contributed by atoms with Crippen molar-refractivity contribution in [2.45, 2.75) is 13.8 Å². The molecule has 2 N–H and O–H groups in total. The lowest BCUT2D eigenvalue weighted by Crippen LogP contribution is -2.22. The van der Waals surface area contributed by atoms with Crippen LogP contribution in [0.5, 0.6) is 0 Å². The van der Waals surface area contributed by atoms with Gasteiger partial charge >= 0.3 is 6.03 Å². The van der Waals surface area contributed by atoms with Crippen LogP contribution >= 0.6 is 15.9 Å². The van der Waals surface area contributed by atoms with Crippen molar-refractivity contribution in [2.24, 2.45) is 0 Å². The van der Waals surface area contributed by atoms with Crippen LogP contribution in [0.25, 0.3) is 0 Å². The van der Waals surface area contributed by atoms with Crippen LogP contribution in [0.15, 0.2) is 45.5 Å². The third kappa shape index (κ3) is 4.26. The number of furan rings is 1. The number of halogens is 1. The maximum absolute atomic E-state index is 11.8. The molecule has 0 radical (unpaired) electrons. The van der Waals surface area contributed by atoms with E-state index in [1.54, 1.807) is 12.1 Å². The van der Waals surface area contributed by atoms with Gasteiger partial charge in [0.25, 0.3) is 0 Å². The first-order valence-corrected chi connectivity index (χ1v) is 7.60. The van der Waals surface area contributed by atoms with Crippen molar-refractivity contribution in [3.05, 3.63) is 41.1 Å². The van der Waals surface area contributed by atoms with Crippen LogP contribution in [0.4, 0.5) is 22.1 Å². The number of hydrogen-bond acceptors (Lipinski definition) is 3. The summed E-state index contributed by atoms with van der Waals surface area (Å²) >= 11 is 3.18. The van der Waals surface area contributed by atoms with E-state index in [1.165, 1.54) is 0 Å². The fraction of sp³-hybridized carbons (Fsp3) is 0.267. The molecule has 0 aliphatic rings. The van der Waals surface area contributed by atoms with E-state index < -0.39 is 0 Å². The van der Waals surface area contributed by atoms with Gasteiger partial charge in [0.15, 0.2) is 4.67 Å². The van der Waals surface area contributed by atoms with Crippen molar-refractivity contribution in [2.75, 3.05) is 28.6 Å². The molecule has 0 atom stereocenters. The molecule has 112 valence electrons. The molecule has 0 saturated heterocycles. The van der Waals surface area contributed by atoms with Gasteiger partial charge in [0.05, 0.1) is 0 Å². The molecule has 0 spiro atoms. The van der Waals surface area contributed by atoms with Gasteiger partial charge in [-0.1, -0.05) is 0 Å². The number of hydrogen-bond donors (Lipinski definition) is 2. The van der Waals surface area contributed by atoms with Crippen molar-refractivity contribution >= 4 is 39.2 Å². The van der Waals surface area contributed by atoms with Crippen molar-refractivity contribution < 1.29 is 9.21 Å². The number of nitrogens with one attached hydrogen (secondary N) is 2. The molecule has 2 rings (SSSR count). The Hall–Kier alpha value is -1.95. The Morgan fingerprint density at radius 1 is 1.10 bits per heavy atom. The minimum Gasteiger partial charge on any atom is -0.434 e. The average Bonchev–Trinajstić information content (AvgIpc) is 2.87. The van der Waals surface area contributed by atoms with Crippen molar-refractivity contribution in [1.82, 2.24) is 0 Å². The van der Waals surface area contributed by atoms with Crippen LogP contribution in [-0.2, 0) is 0 Å². The zero-order valence-corrected chi connectivity index (χ0v) is 13.6. The van der Waals surface area contributed by atoms with Crippen LogP contribution in [0, 0.1) is 0 Å². The zero-order chi connectivity index (χ0) is 15.2. The minimum atomic E-state index is -0.340. The number of carbonyl (C=O) groups is 1. The Balaban J connectivity index is 1.95. The van der Waals surface area contributed by atoms with Gasteiger partial charge in [-0.3, -0.25) is 5.32 Å². The average molecular weight is 352 g/mol. The predicted octanol–water partition coefficient (Wildman–Crippen LogP) is 4.53. The Kier molecular flexibility index (Phi) is 5.27. The Morgan fingerprint density at radius 2 is 1.76 bits per heavy atom. The molecule has 0 aliphatic heterocycles. The summed E-state index contributed by atoms with van der Waals surface area (Å²) in [5.74, 6) is 0.388. The van der Waals surface area contributed by atoms with Gasteiger partial charge in [-0.2, -0.15) is 0 Å². The first kappa shape index (κ1) is 15.4. The monoisotopic (exact) mass is 351 g/mol. The van der Waals surface area contributed by atoms with E-state index in [2.05, 4.69) is 45.3 Å². The summed E-state index contributed by atoms with van der Waals surface area (Å²) in [5, 5.41) is 5.37. The zero-order valence-electron chi connectivity index (χ0n) is 12.0. The highest BCUT2D eigenvalue weighted by molar-refractivity contribution is 9.10. The van der Waals surface area contributed by atoms with Gasteiger partial charge in [0.2, 0.25) is 5.88 Å². The topological polar surface area (TPSA) is 57.5 Å². The smallest absolute Gasteiger partial charge is 0.326 e. The summed E-state index contributed by atoms with van der Waals surface area (Å²) in [4.78, 5) is 14.1. The highest BCUT2D eigenvalue weighted by Gasteiger charge is 2.06. The molecule has 0 saturated carbocycles. The third-order valence-corrected chi connectivity index (χ3v) is 3.49. The van der Waals surface area contributed by atoms with E-state index in [4.69, 9.17) is 4.42 Å². The van der Waals surface area contributed by atoms with E-state index in [9.17, 15) is 4.79 Å². The summed E-state index contributed by atoms with van der Waals surface area (Å²) < 4.78 is 5.78. The van der Waals surface area contributed by atoms with Gasteiger partial charge in [0.1, 0.15) is 0 Å². The summed E-state index contributed by atoms with van der Waals surface area (Å²) in [6.45, 7) is 6.14. The largest absolute Gasteiger partial charge is 0.434 e. The van der Waals surface area contributed by atoms with E-state index >= 15 is 0 Å². The molecule has 1 aromatic carbocycles. The Bertz CT molecular complexity index is 591. The standard InChI is InChI=1S/C15H18BrN3O2/c1-3-19(4-2)12-7-5-11(6-8-12)17-15(20)18-14-10-9-13(16)21-14/h5-10H,3-4H2,1-2H3,(H2,17,18,20). The third-order valence-electron chi connectivity index (χ3n) is 3.06. The van der Waals surface area contributed by atoms with E-state index in [0.717, 1.165) is 24.5 Å². The number of nitrogens with zero attached hydrogens (tertiary/aromatic N) is 1. The number of rotatable bonds is 5. The summed E-state index contributed by atoms with van der Waals surface area (Å²) in [5.41, 5.74) is 1.87. The lowest BCUT2D eigenvalue weighted by atomic mass is 10.2. The van der Waals surface area contributed by atoms with Gasteiger partial charge in [0, 0.05) is 30.5 Å². The van der Waals surface area contributed by atoms with Gasteiger partial charge in [-0.15, -0.1) is 0 Å². The molecule has 0 bridgehead atoms. The number of benzene rings is 1. The molecule has 5 nitrogen and oxygen atoms in total. The second-order valence-corrected chi connectivity index (χ2v) is 5.18. The van der Waals surface area contributed by atoms with Crippen molar-refractivity contribution in [1.29, 1.82) is 0 Å². The van der Waals surface area contributed by atoms with E-state index in [-0.39, 0.29) is 6.03 Å². The molecular weight excluding hydrogens is 334 g/mol. The highest BCUT2D eigenvalue weighted by Crippen LogP contribution is 2.20. The van der Waals surface area contributed by atoms with Crippen LogP contribution in [0.1, 0.15) is 13.8 Å². The van der Waals surface area contributed by atoms with Crippen LogP contribution in [0.3, 0.4) is 0 Å². The molecular formula is C15H18BrN3O2. The molecule has 1 heterocycles. The Morgan fingerprint density at radius 3 is 2.29 bits per heavy atom. The molecule has 1 aromatic heterocycles. The summed E-state index contributed by atoms with van der Waals surface area (Å²) in [7, 11) is 0. The first-order valence-electron chi connectivity index (χ1n) is 6.80. The highest BCUT2D eigenvalue weighted by atomic mass is 79.9. The van der Waals surface area contributed by atoms with E-state index in [1.807, 2.05) is 24.3 Å². The quantitative estimate of drug-likeness (QED) is 0.831. The molecule has 0 unspecified atom stereocenters. The molecule has 0 fully saturated rings. The summed E-state index contributed by atoms with van der Waals surface area (Å²) in [6.07, 6.45) is 0. The Labute approximate surface area is 132 Å². The fourth-order valence-electron chi connectivity index (χ4n) is 2.00. The van der Waals surface area contributed by atoms with Crippen molar-refractivity contribution in [3.63, 3.8) is 0 Å². The minimum absolute atomic E-state index is 0.340. The van der Waals surface area contributed by atoms with Gasteiger partial charge < -0.3 is 14.6 Å². The molecule has 0 aliphatic carbocycles. The van der Waals surface area contributed by atoms with Crippen LogP contribution in [-0.4, -0.2) is 19.1 Å². The SMILES string of the molecule is CCN(CC)c1ccc(NC(=O)Nc2ccc(Br)o2)cc1. The second kappa shape index (κ2) is 7.17. The number of anilines is 3. The number of carbonyl (C=O) groups excluding carboxylic acids is 1.